The van der Waals surface area contributed by atoms with Crippen LogP contribution in [0.3, 0.4) is 0 Å². The van der Waals surface area contributed by atoms with Crippen LogP contribution >= 0.6 is 0 Å². The molecule has 0 fully saturated rings. The summed E-state index contributed by atoms with van der Waals surface area (Å²) in [6.07, 6.45) is -2.01. The molecule has 4 rings (SSSR count). The van der Waals surface area contributed by atoms with Crippen LogP contribution in [-0.4, -0.2) is 43.9 Å². The number of rotatable bonds is 5. The summed E-state index contributed by atoms with van der Waals surface area (Å²) in [7, 11) is 1.51. The maximum Gasteiger partial charge on any atom is 0.425 e. The number of alkyl halides is 3. The largest absolute Gasteiger partial charge is 0.481 e. The van der Waals surface area contributed by atoms with E-state index in [0.717, 1.165) is 6.92 Å². The van der Waals surface area contributed by atoms with Gasteiger partial charge in [0.1, 0.15) is 17.0 Å². The summed E-state index contributed by atoms with van der Waals surface area (Å²) >= 11 is 0. The van der Waals surface area contributed by atoms with Crippen molar-refractivity contribution in [2.75, 3.05) is 7.11 Å². The summed E-state index contributed by atoms with van der Waals surface area (Å²) in [5.41, 5.74) is 1.99. The molecule has 0 spiro atoms. The highest BCUT2D eigenvalue weighted by atomic mass is 19.4. The fraction of sp³-hybridized carbons (Fsp3) is 0.200. The first-order valence-corrected chi connectivity index (χ1v) is 8.90. The lowest BCUT2D eigenvalue weighted by Gasteiger charge is -2.17. The Morgan fingerprint density at radius 2 is 1.87 bits per heavy atom. The molecule has 0 aliphatic heterocycles. The number of fused-ring (bicyclic) bond motifs is 1. The molecule has 0 bridgehead atoms. The van der Waals surface area contributed by atoms with E-state index in [9.17, 15) is 13.2 Å². The molecule has 0 saturated carbocycles. The van der Waals surface area contributed by atoms with E-state index in [1.165, 1.54) is 19.4 Å². The molecule has 0 aliphatic carbocycles. The van der Waals surface area contributed by atoms with Gasteiger partial charge in [0.2, 0.25) is 5.88 Å². The molecule has 4 aromatic rings. The number of pyridine rings is 3. The fourth-order valence-corrected chi connectivity index (χ4v) is 2.82. The second-order valence-electron chi connectivity index (χ2n) is 6.36. The highest BCUT2D eigenvalue weighted by molar-refractivity contribution is 5.80. The van der Waals surface area contributed by atoms with Crippen molar-refractivity contribution >= 4 is 11.2 Å². The Balaban J connectivity index is 1.85. The zero-order valence-electron chi connectivity index (χ0n) is 16.0. The number of aromatic nitrogens is 5. The van der Waals surface area contributed by atoms with E-state index in [4.69, 9.17) is 9.47 Å². The first-order valence-electron chi connectivity index (χ1n) is 8.90. The molecule has 0 radical (unpaired) electrons. The minimum absolute atomic E-state index is 0.0302. The monoisotopic (exact) mass is 415 g/mol. The second kappa shape index (κ2) is 7.62. The average Bonchev–Trinajstić information content (AvgIpc) is 3.12. The minimum atomic E-state index is -4.48. The third-order valence-electron chi connectivity index (χ3n) is 4.33. The molecule has 1 unspecified atom stereocenters. The quantitative estimate of drug-likeness (QED) is 0.486. The van der Waals surface area contributed by atoms with E-state index in [1.54, 1.807) is 41.2 Å². The van der Waals surface area contributed by atoms with Crippen molar-refractivity contribution in [1.82, 2.24) is 24.5 Å². The Hall–Kier alpha value is -3.69. The molecule has 0 saturated heterocycles. The molecule has 7 nitrogen and oxygen atoms in total. The van der Waals surface area contributed by atoms with Crippen LogP contribution in [0.4, 0.5) is 13.2 Å². The predicted octanol–water partition coefficient (Wildman–Crippen LogP) is 4.22. The molecule has 30 heavy (non-hydrogen) atoms. The van der Waals surface area contributed by atoms with Crippen molar-refractivity contribution < 1.29 is 22.6 Å². The predicted molar refractivity (Wildman–Crippen MR) is 103 cm³/mol. The summed E-state index contributed by atoms with van der Waals surface area (Å²) in [5.74, 6) is 0.871. The van der Waals surface area contributed by atoms with Gasteiger partial charge in [-0.1, -0.05) is 6.07 Å². The van der Waals surface area contributed by atoms with Gasteiger partial charge in [-0.15, -0.1) is 0 Å². The van der Waals surface area contributed by atoms with Crippen LogP contribution in [0.1, 0.15) is 6.92 Å². The van der Waals surface area contributed by atoms with Crippen molar-refractivity contribution in [2.24, 2.45) is 0 Å². The summed E-state index contributed by atoms with van der Waals surface area (Å²) < 4.78 is 50.3. The molecule has 4 heterocycles. The van der Waals surface area contributed by atoms with E-state index in [0.29, 0.717) is 34.2 Å². The third kappa shape index (κ3) is 3.76. The van der Waals surface area contributed by atoms with E-state index in [-0.39, 0.29) is 5.75 Å². The molecule has 0 N–H and O–H groups in total. The van der Waals surface area contributed by atoms with Gasteiger partial charge in [-0.25, -0.2) is 15.0 Å². The normalized spacial score (nSPS) is 12.7. The van der Waals surface area contributed by atoms with Gasteiger partial charge < -0.3 is 9.47 Å². The zero-order chi connectivity index (χ0) is 21.3. The van der Waals surface area contributed by atoms with Crippen molar-refractivity contribution in [3.63, 3.8) is 0 Å². The van der Waals surface area contributed by atoms with Gasteiger partial charge in [0.15, 0.2) is 17.6 Å². The van der Waals surface area contributed by atoms with Crippen molar-refractivity contribution in [3.8, 4) is 28.8 Å². The molecular formula is C20H16F3N5O2. The lowest BCUT2D eigenvalue weighted by molar-refractivity contribution is -0.189. The number of methoxy groups -OCH3 is 1. The number of ether oxygens (including phenoxy) is 2. The molecule has 154 valence electrons. The molecule has 0 aliphatic rings. The molecule has 0 aromatic carbocycles. The molecule has 10 heteroatoms. The van der Waals surface area contributed by atoms with Gasteiger partial charge in [-0.3, -0.25) is 9.55 Å². The maximum atomic E-state index is 12.8. The number of halogens is 3. The Labute approximate surface area is 169 Å². The minimum Gasteiger partial charge on any atom is -0.481 e. The highest BCUT2D eigenvalue weighted by Gasteiger charge is 2.38. The van der Waals surface area contributed by atoms with Crippen LogP contribution in [0.5, 0.6) is 11.6 Å². The Kier molecular flexibility index (Phi) is 4.98. The van der Waals surface area contributed by atoms with E-state index < -0.39 is 12.3 Å². The number of hydrogen-bond acceptors (Lipinski definition) is 6. The Bertz CT molecular complexity index is 1160. The summed E-state index contributed by atoms with van der Waals surface area (Å²) in [6.45, 7) is 0.936. The van der Waals surface area contributed by atoms with Crippen LogP contribution in [0, 0.1) is 0 Å². The Morgan fingerprint density at radius 3 is 2.50 bits per heavy atom. The smallest absolute Gasteiger partial charge is 0.425 e. The lowest BCUT2D eigenvalue weighted by Crippen LogP contribution is -2.31. The van der Waals surface area contributed by atoms with Crippen molar-refractivity contribution in [3.05, 3.63) is 55.0 Å². The first-order chi connectivity index (χ1) is 14.4. The number of nitrogens with zero attached hydrogens (tertiary/aromatic N) is 5. The van der Waals surface area contributed by atoms with Gasteiger partial charge in [0, 0.05) is 18.3 Å². The van der Waals surface area contributed by atoms with Gasteiger partial charge in [0.05, 0.1) is 25.2 Å². The highest BCUT2D eigenvalue weighted by Crippen LogP contribution is 2.30. The van der Waals surface area contributed by atoms with E-state index in [2.05, 4.69) is 19.9 Å². The van der Waals surface area contributed by atoms with Gasteiger partial charge in [-0.05, 0) is 25.1 Å². The van der Waals surface area contributed by atoms with Crippen LogP contribution < -0.4 is 9.47 Å². The van der Waals surface area contributed by atoms with Gasteiger partial charge >= 0.3 is 6.18 Å². The standard InChI is InChI=1S/C20H16F3N5O2/c1-12(20(21,22)23)30-14-9-16-18(26-11-14)28(13-6-7-17(29-2)25-10-13)19(27-16)15-5-3-4-8-24-15/h3-12H,1-2H3. The first kappa shape index (κ1) is 19.6. The second-order valence-corrected chi connectivity index (χ2v) is 6.36. The molecule has 4 aromatic heterocycles. The third-order valence-corrected chi connectivity index (χ3v) is 4.33. The van der Waals surface area contributed by atoms with Crippen molar-refractivity contribution in [2.45, 2.75) is 19.2 Å². The molecular weight excluding hydrogens is 399 g/mol. The zero-order valence-corrected chi connectivity index (χ0v) is 16.0. The number of imidazole rings is 1. The van der Waals surface area contributed by atoms with Crippen LogP contribution in [-0.2, 0) is 0 Å². The molecule has 1 atom stereocenters. The van der Waals surface area contributed by atoms with Gasteiger partial charge in [-0.2, -0.15) is 13.2 Å². The average molecular weight is 415 g/mol. The van der Waals surface area contributed by atoms with E-state index in [1.807, 2.05) is 6.07 Å². The summed E-state index contributed by atoms with van der Waals surface area (Å²) in [6, 6.07) is 10.2. The SMILES string of the molecule is COc1ccc(-n2c(-c3ccccn3)nc3cc(OC(C)C(F)(F)F)cnc32)cn1. The van der Waals surface area contributed by atoms with Crippen LogP contribution in [0.25, 0.3) is 28.4 Å². The van der Waals surface area contributed by atoms with Gasteiger partial charge in [0.25, 0.3) is 0 Å². The lowest BCUT2D eigenvalue weighted by atomic mass is 10.3. The topological polar surface area (TPSA) is 75.0 Å². The number of hydrogen-bond donors (Lipinski definition) is 0. The summed E-state index contributed by atoms with van der Waals surface area (Å²) in [4.78, 5) is 17.4. The van der Waals surface area contributed by atoms with Crippen LogP contribution in [0.15, 0.2) is 55.0 Å². The van der Waals surface area contributed by atoms with Crippen molar-refractivity contribution in [1.29, 1.82) is 0 Å². The van der Waals surface area contributed by atoms with E-state index >= 15 is 0 Å². The molecule has 0 amide bonds. The summed E-state index contributed by atoms with van der Waals surface area (Å²) in [5, 5.41) is 0. The Morgan fingerprint density at radius 1 is 1.03 bits per heavy atom. The van der Waals surface area contributed by atoms with Crippen LogP contribution in [0.2, 0.25) is 0 Å². The fourth-order valence-electron chi connectivity index (χ4n) is 2.82. The maximum absolute atomic E-state index is 12.8.